The van der Waals surface area contributed by atoms with Crippen molar-refractivity contribution in [3.63, 3.8) is 0 Å². The standard InChI is InChI=1S/C18H28ClN3O2.HI/c1-20-18(22-10-8-15-5-2-6-16(19)13-15)21-9-4-11-23-14-17-7-3-12-24-17;/h2,5-6,13,17H,3-4,7-12,14H2,1H3,(H2,20,21,22);1H. The summed E-state index contributed by atoms with van der Waals surface area (Å²) in [7, 11) is 1.78. The zero-order chi connectivity index (χ0) is 17.0. The quantitative estimate of drug-likeness (QED) is 0.246. The van der Waals surface area contributed by atoms with Crippen molar-refractivity contribution in [1.82, 2.24) is 10.6 Å². The van der Waals surface area contributed by atoms with Crippen molar-refractivity contribution in [2.24, 2.45) is 4.99 Å². The lowest BCUT2D eigenvalue weighted by molar-refractivity contribution is 0.0168. The number of rotatable bonds is 9. The van der Waals surface area contributed by atoms with Crippen molar-refractivity contribution < 1.29 is 9.47 Å². The van der Waals surface area contributed by atoms with Crippen LogP contribution in [0.25, 0.3) is 0 Å². The van der Waals surface area contributed by atoms with Gasteiger partial charge in [0.25, 0.3) is 0 Å². The Bertz CT molecular complexity index is 511. The highest BCUT2D eigenvalue weighted by Gasteiger charge is 2.14. The third kappa shape index (κ3) is 9.63. The summed E-state index contributed by atoms with van der Waals surface area (Å²) in [4.78, 5) is 4.23. The predicted molar refractivity (Wildman–Crippen MR) is 114 cm³/mol. The van der Waals surface area contributed by atoms with Gasteiger partial charge in [-0.2, -0.15) is 0 Å². The highest BCUT2D eigenvalue weighted by Crippen LogP contribution is 2.12. The highest BCUT2D eigenvalue weighted by atomic mass is 127. The number of hydrogen-bond donors (Lipinski definition) is 2. The van der Waals surface area contributed by atoms with E-state index in [0.717, 1.165) is 63.0 Å². The van der Waals surface area contributed by atoms with Gasteiger partial charge in [-0.25, -0.2) is 0 Å². The van der Waals surface area contributed by atoms with E-state index in [1.165, 1.54) is 5.56 Å². The molecule has 1 aromatic rings. The lowest BCUT2D eigenvalue weighted by Crippen LogP contribution is -2.39. The van der Waals surface area contributed by atoms with Crippen LogP contribution in [0.5, 0.6) is 0 Å². The second-order valence-corrected chi connectivity index (χ2v) is 6.31. The van der Waals surface area contributed by atoms with Crippen LogP contribution in [-0.4, -0.2) is 52.0 Å². The van der Waals surface area contributed by atoms with Crippen molar-refractivity contribution in [2.45, 2.75) is 31.8 Å². The Labute approximate surface area is 172 Å². The van der Waals surface area contributed by atoms with E-state index in [1.54, 1.807) is 7.05 Å². The fraction of sp³-hybridized carbons (Fsp3) is 0.611. The zero-order valence-electron chi connectivity index (χ0n) is 14.8. The Kier molecular flexibility index (Phi) is 12.2. The lowest BCUT2D eigenvalue weighted by Gasteiger charge is -2.13. The van der Waals surface area contributed by atoms with Crippen LogP contribution in [0.1, 0.15) is 24.8 Å². The average molecular weight is 482 g/mol. The van der Waals surface area contributed by atoms with E-state index in [9.17, 15) is 0 Å². The van der Waals surface area contributed by atoms with Crippen LogP contribution >= 0.6 is 35.6 Å². The van der Waals surface area contributed by atoms with Crippen LogP contribution in [0.2, 0.25) is 5.02 Å². The molecule has 0 radical (unpaired) electrons. The van der Waals surface area contributed by atoms with Crippen molar-refractivity contribution in [3.8, 4) is 0 Å². The van der Waals surface area contributed by atoms with Crippen molar-refractivity contribution in [1.29, 1.82) is 0 Å². The van der Waals surface area contributed by atoms with Crippen molar-refractivity contribution in [2.75, 3.05) is 40.0 Å². The molecule has 0 aliphatic carbocycles. The molecule has 1 fully saturated rings. The van der Waals surface area contributed by atoms with Gasteiger partial charge in [0.1, 0.15) is 0 Å². The van der Waals surface area contributed by atoms with Gasteiger partial charge in [0.05, 0.1) is 12.7 Å². The van der Waals surface area contributed by atoms with Crippen LogP contribution in [0.3, 0.4) is 0 Å². The minimum atomic E-state index is 0. The summed E-state index contributed by atoms with van der Waals surface area (Å²) in [6.45, 7) is 3.99. The zero-order valence-corrected chi connectivity index (χ0v) is 17.9. The maximum atomic E-state index is 5.99. The molecule has 1 unspecified atom stereocenters. The van der Waals surface area contributed by atoms with Gasteiger partial charge in [-0.05, 0) is 43.4 Å². The fourth-order valence-electron chi connectivity index (χ4n) is 2.61. The first-order valence-electron chi connectivity index (χ1n) is 8.66. The van der Waals surface area contributed by atoms with Gasteiger partial charge in [-0.15, -0.1) is 24.0 Å². The number of ether oxygens (including phenoxy) is 2. The van der Waals surface area contributed by atoms with E-state index in [-0.39, 0.29) is 24.0 Å². The maximum absolute atomic E-state index is 5.99. The summed E-state index contributed by atoms with van der Waals surface area (Å²) in [6.07, 6.45) is 4.45. The predicted octanol–water partition coefficient (Wildman–Crippen LogP) is 3.25. The van der Waals surface area contributed by atoms with Crippen molar-refractivity contribution in [3.05, 3.63) is 34.9 Å². The van der Waals surface area contributed by atoms with Crippen molar-refractivity contribution >= 4 is 41.5 Å². The first-order chi connectivity index (χ1) is 11.8. The van der Waals surface area contributed by atoms with E-state index in [0.29, 0.717) is 12.7 Å². The highest BCUT2D eigenvalue weighted by molar-refractivity contribution is 14.0. The number of hydrogen-bond acceptors (Lipinski definition) is 3. The molecule has 0 spiro atoms. The molecule has 5 nitrogen and oxygen atoms in total. The second-order valence-electron chi connectivity index (χ2n) is 5.87. The molecule has 1 aromatic carbocycles. The lowest BCUT2D eigenvalue weighted by atomic mass is 10.1. The molecular weight excluding hydrogens is 453 g/mol. The Morgan fingerprint density at radius 1 is 1.36 bits per heavy atom. The van der Waals surface area contributed by atoms with Gasteiger partial charge in [-0.1, -0.05) is 23.7 Å². The Hall–Kier alpha value is -0.570. The summed E-state index contributed by atoms with van der Waals surface area (Å²) >= 11 is 5.99. The van der Waals surface area contributed by atoms with E-state index in [1.807, 2.05) is 18.2 Å². The molecule has 1 saturated heterocycles. The Morgan fingerprint density at radius 2 is 2.20 bits per heavy atom. The number of benzene rings is 1. The van der Waals surface area contributed by atoms with Crippen LogP contribution in [0.15, 0.2) is 29.3 Å². The molecule has 25 heavy (non-hydrogen) atoms. The molecule has 1 aliphatic heterocycles. The van der Waals surface area contributed by atoms with Crippen LogP contribution in [0, 0.1) is 0 Å². The molecule has 142 valence electrons. The minimum Gasteiger partial charge on any atom is -0.379 e. The molecule has 0 aromatic heterocycles. The topological polar surface area (TPSA) is 54.9 Å². The van der Waals surface area contributed by atoms with E-state index < -0.39 is 0 Å². The summed E-state index contributed by atoms with van der Waals surface area (Å²) in [5.74, 6) is 0.816. The van der Waals surface area contributed by atoms with Gasteiger partial charge in [0, 0.05) is 38.4 Å². The maximum Gasteiger partial charge on any atom is 0.190 e. The average Bonchev–Trinajstić information content (AvgIpc) is 3.09. The Morgan fingerprint density at radius 3 is 2.92 bits per heavy atom. The fourth-order valence-corrected chi connectivity index (χ4v) is 2.82. The van der Waals surface area contributed by atoms with E-state index in [2.05, 4.69) is 21.7 Å². The van der Waals surface area contributed by atoms with Gasteiger partial charge >= 0.3 is 0 Å². The molecule has 1 atom stereocenters. The SMILES string of the molecule is CN=C(NCCCOCC1CCCO1)NCCc1cccc(Cl)c1.I. The summed E-state index contributed by atoms with van der Waals surface area (Å²) in [5.41, 5.74) is 1.22. The minimum absolute atomic E-state index is 0. The smallest absolute Gasteiger partial charge is 0.190 e. The molecule has 2 rings (SSSR count). The molecule has 0 saturated carbocycles. The third-order valence-electron chi connectivity index (χ3n) is 3.90. The van der Waals surface area contributed by atoms with Gasteiger partial charge in [0.2, 0.25) is 0 Å². The third-order valence-corrected chi connectivity index (χ3v) is 4.14. The van der Waals surface area contributed by atoms with Crippen LogP contribution < -0.4 is 10.6 Å². The van der Waals surface area contributed by atoms with Gasteiger partial charge in [0.15, 0.2) is 5.96 Å². The van der Waals surface area contributed by atoms with Gasteiger partial charge < -0.3 is 20.1 Å². The van der Waals surface area contributed by atoms with E-state index >= 15 is 0 Å². The number of halogens is 2. The first kappa shape index (κ1) is 22.5. The van der Waals surface area contributed by atoms with Gasteiger partial charge in [-0.3, -0.25) is 4.99 Å². The summed E-state index contributed by atoms with van der Waals surface area (Å²) in [5, 5.41) is 7.38. The van der Waals surface area contributed by atoms with E-state index in [4.69, 9.17) is 21.1 Å². The summed E-state index contributed by atoms with van der Waals surface area (Å²) in [6, 6.07) is 7.93. The number of guanidine groups is 1. The largest absolute Gasteiger partial charge is 0.379 e. The molecule has 1 heterocycles. The number of aliphatic imine (C=N–C) groups is 1. The molecular formula is C18H29ClIN3O2. The number of nitrogens with one attached hydrogen (secondary N) is 2. The van der Waals surface area contributed by atoms with Crippen LogP contribution in [0.4, 0.5) is 0 Å². The second kappa shape index (κ2) is 13.6. The molecule has 0 amide bonds. The first-order valence-corrected chi connectivity index (χ1v) is 9.04. The van der Waals surface area contributed by atoms with Crippen LogP contribution in [-0.2, 0) is 15.9 Å². The molecule has 1 aliphatic rings. The molecule has 7 heteroatoms. The number of nitrogens with zero attached hydrogens (tertiary/aromatic N) is 1. The molecule has 2 N–H and O–H groups in total. The summed E-state index contributed by atoms with van der Waals surface area (Å²) < 4.78 is 11.2. The Balaban J connectivity index is 0.00000312. The normalized spacial score (nSPS) is 17.2. The molecule has 0 bridgehead atoms. The monoisotopic (exact) mass is 481 g/mol.